The van der Waals surface area contributed by atoms with Gasteiger partial charge in [0.05, 0.1) is 6.04 Å². The molecule has 2 aromatic rings. The Labute approximate surface area is 223 Å². The van der Waals surface area contributed by atoms with Crippen LogP contribution < -0.4 is 4.74 Å². The van der Waals surface area contributed by atoms with Crippen LogP contribution in [-0.4, -0.2) is 34.4 Å². The molecule has 1 saturated carbocycles. The number of hydrogen-bond acceptors (Lipinski definition) is 4. The summed E-state index contributed by atoms with van der Waals surface area (Å²) >= 11 is 6.21. The molecule has 2 unspecified atom stereocenters. The van der Waals surface area contributed by atoms with Crippen LogP contribution in [-0.2, 0) is 17.8 Å². The molecule has 37 heavy (non-hydrogen) atoms. The number of amides is 1. The van der Waals surface area contributed by atoms with Gasteiger partial charge in [0.2, 0.25) is 0 Å². The van der Waals surface area contributed by atoms with Crippen molar-refractivity contribution in [3.8, 4) is 16.9 Å². The zero-order valence-electron chi connectivity index (χ0n) is 21.8. The fourth-order valence-corrected chi connectivity index (χ4v) is 7.33. The van der Waals surface area contributed by atoms with Crippen LogP contribution in [0.1, 0.15) is 76.0 Å². The average Bonchev–Trinajstić information content (AvgIpc) is 3.55. The van der Waals surface area contributed by atoms with Crippen LogP contribution in [0, 0.1) is 5.92 Å². The van der Waals surface area contributed by atoms with E-state index in [1.165, 1.54) is 46.4 Å². The first-order valence-electron chi connectivity index (χ1n) is 13.6. The summed E-state index contributed by atoms with van der Waals surface area (Å²) in [6.07, 6.45) is 7.04. The van der Waals surface area contributed by atoms with Gasteiger partial charge in [-0.2, -0.15) is 0 Å². The molecule has 3 atom stereocenters. The van der Waals surface area contributed by atoms with Gasteiger partial charge in [0.25, 0.3) is 0 Å². The Hall–Kier alpha value is -2.79. The Morgan fingerprint density at radius 1 is 1.08 bits per heavy atom. The van der Waals surface area contributed by atoms with Gasteiger partial charge < -0.3 is 9.47 Å². The number of benzene rings is 2. The van der Waals surface area contributed by atoms with Gasteiger partial charge in [0.1, 0.15) is 18.0 Å². The molecule has 0 aromatic heterocycles. The highest BCUT2D eigenvalue weighted by Gasteiger charge is 2.49. The number of aryl methyl sites for hydroxylation is 1. The lowest BCUT2D eigenvalue weighted by Crippen LogP contribution is -2.47. The lowest BCUT2D eigenvalue weighted by Gasteiger charge is -2.32. The summed E-state index contributed by atoms with van der Waals surface area (Å²) < 4.78 is 12.0. The SMILES string of the molecule is CC(C)(C)OC(=O)N1C(C2=NC3=C(C2)c2cc4c(cc2CC3)-c2ccc(Cl)cc2OC4)CC2CCC[C@@H]21. The molecule has 3 heterocycles. The number of hydrogen-bond donors (Lipinski definition) is 0. The van der Waals surface area contributed by atoms with Crippen LogP contribution in [0.15, 0.2) is 41.0 Å². The second kappa shape index (κ2) is 8.36. The summed E-state index contributed by atoms with van der Waals surface area (Å²) in [5.74, 6) is 1.42. The second-order valence-corrected chi connectivity index (χ2v) is 12.6. The van der Waals surface area contributed by atoms with Gasteiger partial charge in [0.15, 0.2) is 0 Å². The normalized spacial score (nSPS) is 25.6. The van der Waals surface area contributed by atoms with E-state index in [0.717, 1.165) is 49.1 Å². The highest BCUT2D eigenvalue weighted by molar-refractivity contribution is 6.30. The molecule has 0 spiro atoms. The molecule has 1 saturated heterocycles. The summed E-state index contributed by atoms with van der Waals surface area (Å²) in [5.41, 5.74) is 9.44. The quantitative estimate of drug-likeness (QED) is 0.392. The van der Waals surface area contributed by atoms with Gasteiger partial charge in [0, 0.05) is 34.5 Å². The molecular weight excluding hydrogens is 484 g/mol. The topological polar surface area (TPSA) is 51.1 Å². The smallest absolute Gasteiger partial charge is 0.411 e. The Balaban J connectivity index is 1.19. The van der Waals surface area contributed by atoms with Gasteiger partial charge in [-0.25, -0.2) is 4.79 Å². The molecule has 3 aliphatic heterocycles. The van der Waals surface area contributed by atoms with Crippen molar-refractivity contribution < 1.29 is 14.3 Å². The number of nitrogens with zero attached hydrogens (tertiary/aromatic N) is 2. The number of halogens is 1. The first-order chi connectivity index (χ1) is 17.7. The molecule has 5 aliphatic rings. The van der Waals surface area contributed by atoms with Crippen LogP contribution in [0.2, 0.25) is 5.02 Å². The predicted molar refractivity (Wildman–Crippen MR) is 146 cm³/mol. The Morgan fingerprint density at radius 3 is 2.76 bits per heavy atom. The molecular formula is C31H33ClN2O3. The van der Waals surface area contributed by atoms with Gasteiger partial charge in [-0.15, -0.1) is 0 Å². The summed E-state index contributed by atoms with van der Waals surface area (Å²) in [4.78, 5) is 20.6. The maximum atomic E-state index is 13.4. The van der Waals surface area contributed by atoms with Crippen molar-refractivity contribution in [2.24, 2.45) is 10.9 Å². The van der Waals surface area contributed by atoms with E-state index in [0.29, 0.717) is 17.5 Å². The molecule has 2 aliphatic carbocycles. The third-order valence-corrected chi connectivity index (χ3v) is 8.95. The van der Waals surface area contributed by atoms with Crippen LogP contribution in [0.5, 0.6) is 5.75 Å². The zero-order valence-corrected chi connectivity index (χ0v) is 22.5. The van der Waals surface area contributed by atoms with Crippen LogP contribution in [0.4, 0.5) is 4.79 Å². The highest BCUT2D eigenvalue weighted by Crippen LogP contribution is 2.48. The summed E-state index contributed by atoms with van der Waals surface area (Å²) in [6.45, 7) is 6.39. The Kier molecular flexibility index (Phi) is 5.27. The zero-order chi connectivity index (χ0) is 25.5. The second-order valence-electron chi connectivity index (χ2n) is 12.2. The van der Waals surface area contributed by atoms with Crippen molar-refractivity contribution in [2.75, 3.05) is 0 Å². The van der Waals surface area contributed by atoms with Gasteiger partial charge in [-0.1, -0.05) is 18.0 Å². The average molecular weight is 517 g/mol. The van der Waals surface area contributed by atoms with E-state index in [-0.39, 0.29) is 18.2 Å². The lowest BCUT2D eigenvalue weighted by molar-refractivity contribution is 0.0184. The lowest BCUT2D eigenvalue weighted by atomic mass is 9.83. The molecule has 192 valence electrons. The number of aliphatic imine (C=N–C) groups is 1. The Bertz CT molecular complexity index is 1390. The van der Waals surface area contributed by atoms with E-state index in [4.69, 9.17) is 26.1 Å². The van der Waals surface area contributed by atoms with E-state index in [2.05, 4.69) is 23.1 Å². The minimum atomic E-state index is -0.503. The summed E-state index contributed by atoms with van der Waals surface area (Å²) in [6, 6.07) is 10.9. The number of allylic oxidation sites excluding steroid dienone is 2. The standard InChI is InChI=1S/C31H33ClN2O3/c1-31(2,3)37-30(35)34-27-6-4-5-18(27)13-28(34)26-15-24-22-12-19-16-36-29-14-20(32)8-9-21(29)23(19)11-17(22)7-10-25(24)33-26/h8-9,11-12,14,18,27-28H,4-7,10,13,15-16H2,1-3H3/t18?,27-,28?/m0/s1. The number of carbonyl (C=O) groups is 1. The highest BCUT2D eigenvalue weighted by atomic mass is 35.5. The minimum absolute atomic E-state index is 0.0387. The summed E-state index contributed by atoms with van der Waals surface area (Å²) in [7, 11) is 0. The van der Waals surface area contributed by atoms with Crippen molar-refractivity contribution in [1.82, 2.24) is 4.90 Å². The number of rotatable bonds is 1. The maximum Gasteiger partial charge on any atom is 0.411 e. The van der Waals surface area contributed by atoms with Crippen molar-refractivity contribution in [3.63, 3.8) is 0 Å². The summed E-state index contributed by atoms with van der Waals surface area (Å²) in [5, 5.41) is 0.696. The van der Waals surface area contributed by atoms with E-state index >= 15 is 0 Å². The Morgan fingerprint density at radius 2 is 1.92 bits per heavy atom. The fraction of sp³-hybridized carbons (Fsp3) is 0.484. The number of likely N-dealkylation sites (tertiary alicyclic amines) is 1. The molecule has 1 amide bonds. The first-order valence-corrected chi connectivity index (χ1v) is 14.0. The van der Waals surface area contributed by atoms with Gasteiger partial charge in [-0.3, -0.25) is 9.89 Å². The van der Waals surface area contributed by atoms with Crippen molar-refractivity contribution >= 4 is 29.0 Å². The number of ether oxygens (including phenoxy) is 2. The molecule has 2 fully saturated rings. The van der Waals surface area contributed by atoms with E-state index < -0.39 is 5.60 Å². The van der Waals surface area contributed by atoms with Crippen LogP contribution in [0.25, 0.3) is 16.7 Å². The van der Waals surface area contributed by atoms with E-state index in [1.807, 2.05) is 32.9 Å². The van der Waals surface area contributed by atoms with E-state index in [9.17, 15) is 4.79 Å². The van der Waals surface area contributed by atoms with Gasteiger partial charge >= 0.3 is 6.09 Å². The molecule has 6 heteroatoms. The third-order valence-electron chi connectivity index (χ3n) is 8.71. The molecule has 7 rings (SSSR count). The van der Waals surface area contributed by atoms with Crippen LogP contribution >= 0.6 is 11.6 Å². The van der Waals surface area contributed by atoms with Crippen molar-refractivity contribution in [3.05, 3.63) is 57.7 Å². The monoisotopic (exact) mass is 516 g/mol. The third kappa shape index (κ3) is 3.89. The molecule has 0 N–H and O–H groups in total. The fourth-order valence-electron chi connectivity index (χ4n) is 7.17. The van der Waals surface area contributed by atoms with Crippen LogP contribution in [0.3, 0.4) is 0 Å². The number of fused-ring (bicyclic) bond motifs is 6. The van der Waals surface area contributed by atoms with E-state index in [1.54, 1.807) is 0 Å². The van der Waals surface area contributed by atoms with Gasteiger partial charge in [-0.05, 0) is 117 Å². The maximum absolute atomic E-state index is 13.4. The number of carbonyl (C=O) groups excluding carboxylic acids is 1. The largest absolute Gasteiger partial charge is 0.488 e. The molecule has 5 nitrogen and oxygen atoms in total. The minimum Gasteiger partial charge on any atom is -0.488 e. The van der Waals surface area contributed by atoms with Crippen molar-refractivity contribution in [2.45, 2.75) is 90.0 Å². The molecule has 0 bridgehead atoms. The molecule has 2 aromatic carbocycles. The van der Waals surface area contributed by atoms with Crippen molar-refractivity contribution in [1.29, 1.82) is 0 Å². The predicted octanol–water partition coefficient (Wildman–Crippen LogP) is 7.58. The molecule has 0 radical (unpaired) electrons. The first kappa shape index (κ1) is 23.3.